The monoisotopic (exact) mass is 460 g/mol. The van der Waals surface area contributed by atoms with Crippen molar-refractivity contribution in [1.82, 2.24) is 9.78 Å². The number of aromatic nitrogens is 2. The highest BCUT2D eigenvalue weighted by Crippen LogP contribution is 2.31. The maximum atomic E-state index is 13.7. The van der Waals surface area contributed by atoms with E-state index in [2.05, 4.69) is 0 Å². The Bertz CT molecular complexity index is 1200. The summed E-state index contributed by atoms with van der Waals surface area (Å²) >= 11 is 0. The van der Waals surface area contributed by atoms with Gasteiger partial charge in [-0.05, 0) is 67.8 Å². The minimum absolute atomic E-state index is 0.103. The number of hydrogen-bond donors (Lipinski definition) is 0. The molecule has 3 aromatic rings. The van der Waals surface area contributed by atoms with Crippen molar-refractivity contribution in [2.75, 3.05) is 37.1 Å². The molecular weight excluding hydrogens is 432 g/mol. The lowest BCUT2D eigenvalue weighted by Crippen LogP contribution is -2.39. The molecule has 0 bridgehead atoms. The van der Waals surface area contributed by atoms with Crippen molar-refractivity contribution in [2.45, 2.75) is 32.3 Å². The Labute approximate surface area is 198 Å². The second kappa shape index (κ2) is 9.30. The smallest absolute Gasteiger partial charge is 0.277 e. The van der Waals surface area contributed by atoms with Crippen LogP contribution in [0.15, 0.2) is 48.5 Å². The fraction of sp³-hybridized carbons (Fsp3) is 0.346. The van der Waals surface area contributed by atoms with Gasteiger partial charge in [0, 0.05) is 43.6 Å². The molecule has 176 valence electrons. The number of benzene rings is 2. The molecule has 8 nitrogen and oxygen atoms in total. The molecular formula is C26H28N4O4. The highest BCUT2D eigenvalue weighted by atomic mass is 16.5. The molecule has 0 atom stereocenters. The van der Waals surface area contributed by atoms with Crippen molar-refractivity contribution in [1.29, 1.82) is 0 Å². The van der Waals surface area contributed by atoms with Gasteiger partial charge in [-0.1, -0.05) is 0 Å². The molecule has 1 aromatic heterocycles. The number of carbonyl (C=O) groups is 2. The Morgan fingerprint density at radius 3 is 2.15 bits per heavy atom. The molecule has 3 heterocycles. The van der Waals surface area contributed by atoms with Crippen LogP contribution in [0.25, 0.3) is 5.69 Å². The molecule has 0 aliphatic carbocycles. The molecule has 2 aromatic carbocycles. The van der Waals surface area contributed by atoms with Gasteiger partial charge in [-0.25, -0.2) is 4.68 Å². The molecule has 0 saturated carbocycles. The van der Waals surface area contributed by atoms with E-state index >= 15 is 0 Å². The van der Waals surface area contributed by atoms with E-state index in [9.17, 15) is 9.59 Å². The number of piperidine rings is 1. The van der Waals surface area contributed by atoms with Gasteiger partial charge in [0.2, 0.25) is 5.91 Å². The zero-order valence-corrected chi connectivity index (χ0v) is 19.5. The van der Waals surface area contributed by atoms with Crippen LogP contribution in [-0.2, 0) is 22.6 Å². The number of anilines is 2. The van der Waals surface area contributed by atoms with Crippen LogP contribution >= 0.6 is 0 Å². The van der Waals surface area contributed by atoms with Gasteiger partial charge in [0.05, 0.1) is 25.1 Å². The van der Waals surface area contributed by atoms with Gasteiger partial charge in [0.15, 0.2) is 0 Å². The summed E-state index contributed by atoms with van der Waals surface area (Å²) in [5.74, 6) is 0.794. The Morgan fingerprint density at radius 1 is 0.824 bits per heavy atom. The number of methoxy groups -OCH3 is 2. The first-order valence-corrected chi connectivity index (χ1v) is 11.6. The lowest BCUT2D eigenvalue weighted by atomic mass is 10.0. The van der Waals surface area contributed by atoms with Gasteiger partial charge in [-0.15, -0.1) is 0 Å². The minimum atomic E-state index is -0.103. The molecule has 2 amide bonds. The zero-order chi connectivity index (χ0) is 23.7. The normalized spacial score (nSPS) is 16.1. The van der Waals surface area contributed by atoms with Gasteiger partial charge in [-0.3, -0.25) is 9.59 Å². The third-order valence-electron chi connectivity index (χ3n) is 6.49. The SMILES string of the molecule is COCc1nn(-c2ccc(OC)cc2)c2c1CCN(c1ccc(N3CCCCC3=O)cc1)C2=O. The van der Waals surface area contributed by atoms with E-state index in [4.69, 9.17) is 14.6 Å². The van der Waals surface area contributed by atoms with Crippen molar-refractivity contribution in [3.8, 4) is 11.4 Å². The number of amides is 2. The second-order valence-corrected chi connectivity index (χ2v) is 8.54. The Hall–Kier alpha value is -3.65. The van der Waals surface area contributed by atoms with Gasteiger partial charge in [0.1, 0.15) is 11.4 Å². The molecule has 0 spiro atoms. The molecule has 2 aliphatic rings. The number of fused-ring (bicyclic) bond motifs is 1. The largest absolute Gasteiger partial charge is 0.497 e. The summed E-state index contributed by atoms with van der Waals surface area (Å²) in [6.07, 6.45) is 3.24. The predicted molar refractivity (Wildman–Crippen MR) is 129 cm³/mol. The Morgan fingerprint density at radius 2 is 1.50 bits per heavy atom. The standard InChI is InChI=1S/C26H28N4O4/c1-33-17-23-22-14-16-29(19-8-6-18(7-9-19)28-15-4-3-5-24(28)31)26(32)25(22)30(27-23)20-10-12-21(34-2)13-11-20/h6-13H,3-5,14-17H2,1-2H3. The molecule has 1 fully saturated rings. The van der Waals surface area contributed by atoms with Crippen LogP contribution in [0.1, 0.15) is 41.0 Å². The molecule has 1 saturated heterocycles. The fourth-order valence-corrected chi connectivity index (χ4v) is 4.73. The highest BCUT2D eigenvalue weighted by molar-refractivity contribution is 6.07. The molecule has 0 unspecified atom stereocenters. The van der Waals surface area contributed by atoms with E-state index in [0.29, 0.717) is 31.7 Å². The first-order valence-electron chi connectivity index (χ1n) is 11.6. The lowest BCUT2D eigenvalue weighted by Gasteiger charge is -2.30. The van der Waals surface area contributed by atoms with Crippen molar-refractivity contribution in [3.63, 3.8) is 0 Å². The summed E-state index contributed by atoms with van der Waals surface area (Å²) in [5.41, 5.74) is 4.73. The van der Waals surface area contributed by atoms with E-state index < -0.39 is 0 Å². The van der Waals surface area contributed by atoms with Crippen LogP contribution in [0.3, 0.4) is 0 Å². The Kier molecular flexibility index (Phi) is 6.06. The van der Waals surface area contributed by atoms with E-state index in [0.717, 1.165) is 53.5 Å². The number of ether oxygens (including phenoxy) is 2. The molecule has 34 heavy (non-hydrogen) atoms. The summed E-state index contributed by atoms with van der Waals surface area (Å²) in [5, 5.41) is 4.73. The fourth-order valence-electron chi connectivity index (χ4n) is 4.73. The maximum absolute atomic E-state index is 13.7. The summed E-state index contributed by atoms with van der Waals surface area (Å²) in [7, 11) is 3.25. The topological polar surface area (TPSA) is 76.9 Å². The number of nitrogens with zero attached hydrogens (tertiary/aromatic N) is 4. The van der Waals surface area contributed by atoms with Crippen LogP contribution in [0.4, 0.5) is 11.4 Å². The Balaban J connectivity index is 1.47. The van der Waals surface area contributed by atoms with Crippen LogP contribution in [0.2, 0.25) is 0 Å². The van der Waals surface area contributed by atoms with Crippen molar-refractivity contribution < 1.29 is 19.1 Å². The summed E-state index contributed by atoms with van der Waals surface area (Å²) < 4.78 is 12.3. The van der Waals surface area contributed by atoms with Gasteiger partial charge < -0.3 is 19.3 Å². The predicted octanol–water partition coefficient (Wildman–Crippen LogP) is 3.75. The first kappa shape index (κ1) is 22.2. The van der Waals surface area contributed by atoms with Crippen LogP contribution in [0.5, 0.6) is 5.75 Å². The maximum Gasteiger partial charge on any atom is 0.277 e. The average Bonchev–Trinajstić information content (AvgIpc) is 3.24. The van der Waals surface area contributed by atoms with Crippen molar-refractivity contribution in [2.24, 2.45) is 0 Å². The molecule has 2 aliphatic heterocycles. The highest BCUT2D eigenvalue weighted by Gasteiger charge is 2.33. The summed E-state index contributed by atoms with van der Waals surface area (Å²) in [4.78, 5) is 29.6. The minimum Gasteiger partial charge on any atom is -0.497 e. The number of carbonyl (C=O) groups excluding carboxylic acids is 2. The van der Waals surface area contributed by atoms with Crippen molar-refractivity contribution in [3.05, 3.63) is 65.5 Å². The van der Waals surface area contributed by atoms with E-state index in [1.54, 1.807) is 23.8 Å². The van der Waals surface area contributed by atoms with Crippen LogP contribution in [-0.4, -0.2) is 48.9 Å². The summed E-state index contributed by atoms with van der Waals surface area (Å²) in [6, 6.07) is 15.2. The lowest BCUT2D eigenvalue weighted by molar-refractivity contribution is -0.119. The third kappa shape index (κ3) is 3.94. The number of rotatable bonds is 6. The van der Waals surface area contributed by atoms with Gasteiger partial charge in [-0.2, -0.15) is 5.10 Å². The summed E-state index contributed by atoms with van der Waals surface area (Å²) in [6.45, 7) is 1.64. The van der Waals surface area contributed by atoms with E-state index in [1.165, 1.54) is 0 Å². The van der Waals surface area contributed by atoms with Gasteiger partial charge in [0.25, 0.3) is 5.91 Å². The van der Waals surface area contributed by atoms with Gasteiger partial charge >= 0.3 is 0 Å². The second-order valence-electron chi connectivity index (χ2n) is 8.54. The molecule has 0 radical (unpaired) electrons. The first-order chi connectivity index (χ1) is 16.6. The van der Waals surface area contributed by atoms with E-state index in [1.807, 2.05) is 53.4 Å². The third-order valence-corrected chi connectivity index (χ3v) is 6.49. The zero-order valence-electron chi connectivity index (χ0n) is 19.5. The quantitative estimate of drug-likeness (QED) is 0.560. The molecule has 0 N–H and O–H groups in total. The van der Waals surface area contributed by atoms with E-state index in [-0.39, 0.29) is 11.8 Å². The molecule has 8 heteroatoms. The van der Waals surface area contributed by atoms with Crippen LogP contribution < -0.4 is 14.5 Å². The average molecular weight is 461 g/mol. The molecule has 5 rings (SSSR count). The number of hydrogen-bond acceptors (Lipinski definition) is 5. The van der Waals surface area contributed by atoms with Crippen molar-refractivity contribution >= 4 is 23.2 Å². The van der Waals surface area contributed by atoms with Crippen LogP contribution in [0, 0.1) is 0 Å².